The highest BCUT2D eigenvalue weighted by molar-refractivity contribution is 6.01. The average molecular weight is 383 g/mol. The molecule has 1 aliphatic heterocycles. The molecule has 150 valence electrons. The average Bonchev–Trinajstić information content (AvgIpc) is 2.75. The van der Waals surface area contributed by atoms with Crippen LogP contribution in [0.3, 0.4) is 0 Å². The predicted molar refractivity (Wildman–Crippen MR) is 112 cm³/mol. The number of carbonyl (C=O) groups is 1. The van der Waals surface area contributed by atoms with E-state index in [1.807, 2.05) is 23.1 Å². The molecule has 5 heteroatoms. The van der Waals surface area contributed by atoms with Crippen molar-refractivity contribution in [1.29, 1.82) is 0 Å². The highest BCUT2D eigenvalue weighted by Crippen LogP contribution is 2.40. The van der Waals surface area contributed by atoms with Gasteiger partial charge in [-0.3, -0.25) is 4.79 Å². The van der Waals surface area contributed by atoms with E-state index in [4.69, 9.17) is 14.2 Å². The number of rotatable bonds is 7. The Balaban J connectivity index is 2.04. The van der Waals surface area contributed by atoms with Crippen LogP contribution in [0.15, 0.2) is 30.3 Å². The standard InChI is InChI=1S/C23H29NO4/c1-4-17-9-8-10-19-18(11-12-21(25)24-13-6-5-7-14-24)15-20(27-3)23(22(17)19)28-16-26-2/h8-12,15H,4-7,13-14,16H2,1-3H3. The number of likely N-dealkylation sites (tertiary alicyclic amines) is 1. The van der Waals surface area contributed by atoms with E-state index >= 15 is 0 Å². The summed E-state index contributed by atoms with van der Waals surface area (Å²) in [5.74, 6) is 1.38. The number of benzene rings is 2. The molecule has 0 saturated carbocycles. The smallest absolute Gasteiger partial charge is 0.246 e. The third kappa shape index (κ3) is 4.30. The van der Waals surface area contributed by atoms with E-state index in [2.05, 4.69) is 19.1 Å². The summed E-state index contributed by atoms with van der Waals surface area (Å²) in [5.41, 5.74) is 2.11. The summed E-state index contributed by atoms with van der Waals surface area (Å²) in [5, 5.41) is 2.04. The van der Waals surface area contributed by atoms with E-state index in [0.29, 0.717) is 11.5 Å². The van der Waals surface area contributed by atoms with Crippen LogP contribution in [0.5, 0.6) is 11.5 Å². The third-order valence-corrected chi connectivity index (χ3v) is 5.19. The molecule has 1 aliphatic rings. The maximum atomic E-state index is 12.6. The van der Waals surface area contributed by atoms with E-state index in [1.54, 1.807) is 20.3 Å². The van der Waals surface area contributed by atoms with Gasteiger partial charge in [0.25, 0.3) is 0 Å². The normalized spacial score (nSPS) is 14.6. The molecule has 5 nitrogen and oxygen atoms in total. The van der Waals surface area contributed by atoms with E-state index in [0.717, 1.165) is 48.7 Å². The summed E-state index contributed by atoms with van der Waals surface area (Å²) in [7, 11) is 3.22. The van der Waals surface area contributed by atoms with Crippen molar-refractivity contribution in [2.45, 2.75) is 32.6 Å². The number of aryl methyl sites for hydroxylation is 1. The Bertz CT molecular complexity index is 853. The summed E-state index contributed by atoms with van der Waals surface area (Å²) in [4.78, 5) is 14.5. The lowest BCUT2D eigenvalue weighted by molar-refractivity contribution is -0.126. The van der Waals surface area contributed by atoms with Crippen molar-refractivity contribution in [3.8, 4) is 11.5 Å². The van der Waals surface area contributed by atoms with Crippen molar-refractivity contribution < 1.29 is 19.0 Å². The Labute approximate surface area is 166 Å². The number of hydrogen-bond donors (Lipinski definition) is 0. The molecule has 1 fully saturated rings. The molecule has 1 amide bonds. The highest BCUT2D eigenvalue weighted by atomic mass is 16.7. The van der Waals surface area contributed by atoms with Gasteiger partial charge < -0.3 is 19.1 Å². The molecular formula is C23H29NO4. The van der Waals surface area contributed by atoms with Gasteiger partial charge in [-0.1, -0.05) is 25.1 Å². The van der Waals surface area contributed by atoms with Crippen molar-refractivity contribution in [3.05, 3.63) is 41.5 Å². The summed E-state index contributed by atoms with van der Waals surface area (Å²) in [6.45, 7) is 3.95. The highest BCUT2D eigenvalue weighted by Gasteiger charge is 2.17. The summed E-state index contributed by atoms with van der Waals surface area (Å²) in [6.07, 6.45) is 7.81. The van der Waals surface area contributed by atoms with Crippen LogP contribution < -0.4 is 9.47 Å². The molecule has 2 aromatic carbocycles. The quantitative estimate of drug-likeness (QED) is 0.525. The molecule has 0 atom stereocenters. The van der Waals surface area contributed by atoms with Crippen LogP contribution in [0.2, 0.25) is 0 Å². The van der Waals surface area contributed by atoms with Crippen LogP contribution in [0.4, 0.5) is 0 Å². The van der Waals surface area contributed by atoms with E-state index in [1.165, 1.54) is 12.0 Å². The number of hydrogen-bond acceptors (Lipinski definition) is 4. The van der Waals surface area contributed by atoms with Gasteiger partial charge in [0.05, 0.1) is 7.11 Å². The van der Waals surface area contributed by atoms with Crippen LogP contribution >= 0.6 is 0 Å². The predicted octanol–water partition coefficient (Wildman–Crippen LogP) is 4.42. The second-order valence-electron chi connectivity index (χ2n) is 6.96. The molecular weight excluding hydrogens is 354 g/mol. The fraction of sp³-hybridized carbons (Fsp3) is 0.435. The van der Waals surface area contributed by atoms with E-state index in [-0.39, 0.29) is 12.7 Å². The molecule has 3 rings (SSSR count). The third-order valence-electron chi connectivity index (χ3n) is 5.19. The zero-order valence-corrected chi connectivity index (χ0v) is 17.0. The zero-order chi connectivity index (χ0) is 19.9. The molecule has 0 spiro atoms. The minimum absolute atomic E-state index is 0.0678. The topological polar surface area (TPSA) is 48.0 Å². The molecule has 0 aliphatic carbocycles. The van der Waals surface area contributed by atoms with Gasteiger partial charge in [-0.15, -0.1) is 0 Å². The van der Waals surface area contributed by atoms with Crippen LogP contribution in [0, 0.1) is 0 Å². The fourth-order valence-corrected chi connectivity index (χ4v) is 3.74. The number of methoxy groups -OCH3 is 2. The van der Waals surface area contributed by atoms with E-state index < -0.39 is 0 Å². The summed E-state index contributed by atoms with van der Waals surface area (Å²) < 4.78 is 16.6. The fourth-order valence-electron chi connectivity index (χ4n) is 3.74. The lowest BCUT2D eigenvalue weighted by Gasteiger charge is -2.25. The van der Waals surface area contributed by atoms with Gasteiger partial charge in [0.2, 0.25) is 5.91 Å². The van der Waals surface area contributed by atoms with Crippen LogP contribution in [0.25, 0.3) is 16.8 Å². The molecule has 0 N–H and O–H groups in total. The molecule has 0 bridgehead atoms. The molecule has 1 saturated heterocycles. The zero-order valence-electron chi connectivity index (χ0n) is 17.0. The Morgan fingerprint density at radius 2 is 1.96 bits per heavy atom. The number of carbonyl (C=O) groups excluding carboxylic acids is 1. The van der Waals surface area contributed by atoms with Crippen molar-refractivity contribution in [2.75, 3.05) is 34.1 Å². The second-order valence-corrected chi connectivity index (χ2v) is 6.96. The maximum Gasteiger partial charge on any atom is 0.246 e. The van der Waals surface area contributed by atoms with Gasteiger partial charge in [-0.25, -0.2) is 0 Å². The lowest BCUT2D eigenvalue weighted by atomic mass is 9.96. The first kappa shape index (κ1) is 20.2. The van der Waals surface area contributed by atoms with Gasteiger partial charge in [0, 0.05) is 31.7 Å². The maximum absolute atomic E-state index is 12.6. The molecule has 0 aromatic heterocycles. The second kappa shape index (κ2) is 9.60. The van der Waals surface area contributed by atoms with Gasteiger partial charge >= 0.3 is 0 Å². The van der Waals surface area contributed by atoms with Crippen LogP contribution in [-0.2, 0) is 16.0 Å². The minimum atomic E-state index is 0.0678. The Morgan fingerprint density at radius 1 is 1.18 bits per heavy atom. The summed E-state index contributed by atoms with van der Waals surface area (Å²) >= 11 is 0. The number of nitrogens with zero attached hydrogens (tertiary/aromatic N) is 1. The molecule has 0 unspecified atom stereocenters. The summed E-state index contributed by atoms with van der Waals surface area (Å²) in [6, 6.07) is 8.11. The molecule has 2 aromatic rings. The lowest BCUT2D eigenvalue weighted by Crippen LogP contribution is -2.34. The number of ether oxygens (including phenoxy) is 3. The van der Waals surface area contributed by atoms with Crippen LogP contribution in [0.1, 0.15) is 37.3 Å². The first-order valence-corrected chi connectivity index (χ1v) is 9.90. The first-order valence-electron chi connectivity index (χ1n) is 9.90. The van der Waals surface area contributed by atoms with E-state index in [9.17, 15) is 4.79 Å². The Hall–Kier alpha value is -2.53. The largest absolute Gasteiger partial charge is 0.493 e. The van der Waals surface area contributed by atoms with Crippen molar-refractivity contribution in [1.82, 2.24) is 4.90 Å². The Kier molecular flexibility index (Phi) is 6.93. The van der Waals surface area contributed by atoms with Gasteiger partial charge in [-0.05, 0) is 54.3 Å². The van der Waals surface area contributed by atoms with Gasteiger partial charge in [0.15, 0.2) is 18.3 Å². The SMILES string of the molecule is CCc1cccc2c(C=CC(=O)N3CCCCC3)cc(OC)c(OCOC)c12. The molecule has 0 radical (unpaired) electrons. The van der Waals surface area contributed by atoms with Crippen LogP contribution in [-0.4, -0.2) is 44.9 Å². The molecule has 28 heavy (non-hydrogen) atoms. The Morgan fingerprint density at radius 3 is 2.64 bits per heavy atom. The number of fused-ring (bicyclic) bond motifs is 1. The van der Waals surface area contributed by atoms with Crippen molar-refractivity contribution in [3.63, 3.8) is 0 Å². The van der Waals surface area contributed by atoms with Gasteiger partial charge in [0.1, 0.15) is 0 Å². The monoisotopic (exact) mass is 383 g/mol. The molecule has 1 heterocycles. The number of piperidine rings is 1. The first-order chi connectivity index (χ1) is 13.7. The minimum Gasteiger partial charge on any atom is -0.493 e. The van der Waals surface area contributed by atoms with Crippen molar-refractivity contribution in [2.24, 2.45) is 0 Å². The van der Waals surface area contributed by atoms with Crippen molar-refractivity contribution >= 4 is 22.8 Å². The van der Waals surface area contributed by atoms with Gasteiger partial charge in [-0.2, -0.15) is 0 Å². The number of amides is 1.